The van der Waals surface area contributed by atoms with Gasteiger partial charge in [-0.2, -0.15) is 0 Å². The van der Waals surface area contributed by atoms with E-state index in [0.29, 0.717) is 12.1 Å². The first-order chi connectivity index (χ1) is 9.04. The Hall–Kier alpha value is -1.91. The fraction of sp³-hybridized carbons (Fsp3) is 0.429. The number of halogens is 1. The van der Waals surface area contributed by atoms with E-state index < -0.39 is 0 Å². The average molecular weight is 263 g/mol. The Morgan fingerprint density at radius 2 is 2.21 bits per heavy atom. The van der Waals surface area contributed by atoms with Gasteiger partial charge in [-0.25, -0.2) is 9.37 Å². The van der Waals surface area contributed by atoms with Crippen LogP contribution >= 0.6 is 0 Å². The maximum absolute atomic E-state index is 13.8. The number of rotatable bonds is 4. The molecule has 4 nitrogen and oxygen atoms in total. The molecule has 1 aromatic heterocycles. The summed E-state index contributed by atoms with van der Waals surface area (Å²) in [6.07, 6.45) is 0.929. The number of benzene rings is 1. The lowest BCUT2D eigenvalue weighted by Crippen LogP contribution is -2.25. The van der Waals surface area contributed by atoms with Gasteiger partial charge in [-0.15, -0.1) is 0 Å². The van der Waals surface area contributed by atoms with E-state index in [4.69, 9.17) is 0 Å². The molecule has 0 spiro atoms. The number of nitrogens with zero attached hydrogens (tertiary/aromatic N) is 3. The van der Waals surface area contributed by atoms with Gasteiger partial charge in [0.05, 0.1) is 12.1 Å². The van der Waals surface area contributed by atoms with Gasteiger partial charge in [0, 0.05) is 20.5 Å². The van der Waals surface area contributed by atoms with Crippen LogP contribution in [0.25, 0.3) is 11.0 Å². The van der Waals surface area contributed by atoms with Crippen LogP contribution in [0.5, 0.6) is 0 Å². The van der Waals surface area contributed by atoms with Gasteiger partial charge >= 0.3 is 0 Å². The van der Waals surface area contributed by atoms with E-state index in [9.17, 15) is 9.18 Å². The van der Waals surface area contributed by atoms with E-state index in [1.807, 2.05) is 10.6 Å². The van der Waals surface area contributed by atoms with Gasteiger partial charge < -0.3 is 9.47 Å². The van der Waals surface area contributed by atoms with Gasteiger partial charge in [0.2, 0.25) is 5.91 Å². The van der Waals surface area contributed by atoms with Gasteiger partial charge in [0.15, 0.2) is 5.82 Å². The van der Waals surface area contributed by atoms with Gasteiger partial charge in [-0.3, -0.25) is 4.79 Å². The second-order valence-corrected chi connectivity index (χ2v) is 4.66. The van der Waals surface area contributed by atoms with Crippen LogP contribution in [-0.2, 0) is 17.9 Å². The lowest BCUT2D eigenvalue weighted by Gasteiger charge is -2.15. The molecule has 0 saturated heterocycles. The number of carbonyl (C=O) groups excluding carboxylic acids is 1. The Labute approximate surface area is 111 Å². The van der Waals surface area contributed by atoms with Gasteiger partial charge in [-0.1, -0.05) is 13.0 Å². The van der Waals surface area contributed by atoms with E-state index in [-0.39, 0.29) is 11.7 Å². The minimum atomic E-state index is -0.320. The topological polar surface area (TPSA) is 38.1 Å². The number of imidazole rings is 1. The minimum absolute atomic E-state index is 0.0319. The first-order valence-corrected chi connectivity index (χ1v) is 6.40. The highest BCUT2D eigenvalue weighted by molar-refractivity contribution is 5.77. The molecule has 1 heterocycles. The molecule has 1 amide bonds. The molecule has 102 valence electrons. The normalized spacial score (nSPS) is 10.9. The average Bonchev–Trinajstić information content (AvgIpc) is 2.70. The van der Waals surface area contributed by atoms with Crippen LogP contribution < -0.4 is 0 Å². The molecule has 0 aliphatic rings. The maximum atomic E-state index is 13.8. The number of hydrogen-bond acceptors (Lipinski definition) is 2. The minimum Gasteiger partial charge on any atom is -0.339 e. The number of carbonyl (C=O) groups is 1. The maximum Gasteiger partial charge on any atom is 0.219 e. The molecular weight excluding hydrogens is 245 g/mol. The predicted octanol–water partition coefficient (Wildman–Crippen LogP) is 2.56. The lowest BCUT2D eigenvalue weighted by molar-refractivity contribution is -0.128. The van der Waals surface area contributed by atoms with E-state index in [1.54, 1.807) is 18.0 Å². The monoisotopic (exact) mass is 263 g/mol. The lowest BCUT2D eigenvalue weighted by atomic mass is 10.3. The number of aromatic nitrogens is 2. The number of para-hydroxylation sites is 1. The summed E-state index contributed by atoms with van der Waals surface area (Å²) < 4.78 is 15.7. The molecule has 0 N–H and O–H groups in total. The van der Waals surface area contributed by atoms with E-state index in [1.165, 1.54) is 13.0 Å². The zero-order chi connectivity index (χ0) is 14.0. The van der Waals surface area contributed by atoms with Gasteiger partial charge in [0.1, 0.15) is 11.3 Å². The molecular formula is C14H18FN3O. The van der Waals surface area contributed by atoms with E-state index >= 15 is 0 Å². The van der Waals surface area contributed by atoms with Crippen molar-refractivity contribution in [2.24, 2.45) is 0 Å². The summed E-state index contributed by atoms with van der Waals surface area (Å²) in [6, 6.07) is 4.95. The van der Waals surface area contributed by atoms with Crippen molar-refractivity contribution < 1.29 is 9.18 Å². The fourth-order valence-corrected chi connectivity index (χ4v) is 2.08. The molecule has 1 aromatic carbocycles. The van der Waals surface area contributed by atoms with Gasteiger partial charge in [0.25, 0.3) is 0 Å². The number of amides is 1. The second-order valence-electron chi connectivity index (χ2n) is 4.66. The summed E-state index contributed by atoms with van der Waals surface area (Å²) in [5, 5.41) is 0. The first kappa shape index (κ1) is 13.5. The van der Waals surface area contributed by atoms with E-state index in [0.717, 1.165) is 24.3 Å². The number of hydrogen-bond donors (Lipinski definition) is 0. The highest BCUT2D eigenvalue weighted by atomic mass is 19.1. The molecule has 2 aromatic rings. The van der Waals surface area contributed by atoms with Crippen molar-refractivity contribution in [3.05, 3.63) is 29.8 Å². The van der Waals surface area contributed by atoms with Crippen LogP contribution in [0.15, 0.2) is 18.2 Å². The molecule has 0 fully saturated rings. The summed E-state index contributed by atoms with van der Waals surface area (Å²) >= 11 is 0. The molecule has 0 atom stereocenters. The molecule has 0 aliphatic carbocycles. The molecule has 19 heavy (non-hydrogen) atoms. The SMILES string of the molecule is CCCn1c(CN(C)C(C)=O)nc2c(F)cccc21. The smallest absolute Gasteiger partial charge is 0.219 e. The van der Waals surface area contributed by atoms with Crippen molar-refractivity contribution in [3.63, 3.8) is 0 Å². The van der Waals surface area contributed by atoms with Crippen LogP contribution in [0.2, 0.25) is 0 Å². The summed E-state index contributed by atoms with van der Waals surface area (Å²) in [5.74, 6) is 0.370. The summed E-state index contributed by atoms with van der Waals surface area (Å²) in [4.78, 5) is 17.2. The second kappa shape index (κ2) is 5.38. The predicted molar refractivity (Wildman–Crippen MR) is 72.1 cm³/mol. The van der Waals surface area contributed by atoms with Crippen LogP contribution in [0.1, 0.15) is 26.1 Å². The third kappa shape index (κ3) is 2.59. The highest BCUT2D eigenvalue weighted by Crippen LogP contribution is 2.20. The molecule has 0 aliphatic heterocycles. The molecule has 5 heteroatoms. The molecule has 0 radical (unpaired) electrons. The van der Waals surface area contributed by atoms with Gasteiger partial charge in [-0.05, 0) is 18.6 Å². The van der Waals surface area contributed by atoms with Crippen molar-refractivity contribution in [1.82, 2.24) is 14.5 Å². The summed E-state index contributed by atoms with van der Waals surface area (Å²) in [6.45, 7) is 4.72. The van der Waals surface area contributed by atoms with Crippen LogP contribution in [-0.4, -0.2) is 27.4 Å². The Morgan fingerprint density at radius 1 is 1.47 bits per heavy atom. The van der Waals surface area contributed by atoms with Crippen molar-refractivity contribution in [2.45, 2.75) is 33.4 Å². The van der Waals surface area contributed by atoms with Crippen LogP contribution in [0.3, 0.4) is 0 Å². The van der Waals surface area contributed by atoms with Crippen molar-refractivity contribution >= 4 is 16.9 Å². The third-order valence-corrected chi connectivity index (χ3v) is 3.17. The molecule has 0 bridgehead atoms. The molecule has 0 saturated carbocycles. The Balaban J connectivity index is 2.50. The Kier molecular flexibility index (Phi) is 3.83. The van der Waals surface area contributed by atoms with Crippen molar-refractivity contribution in [2.75, 3.05) is 7.05 Å². The quantitative estimate of drug-likeness (QED) is 0.850. The van der Waals surface area contributed by atoms with Crippen LogP contribution in [0, 0.1) is 5.82 Å². The summed E-state index contributed by atoms with van der Waals surface area (Å²) in [7, 11) is 1.72. The number of aryl methyl sites for hydroxylation is 1. The third-order valence-electron chi connectivity index (χ3n) is 3.17. The number of fused-ring (bicyclic) bond motifs is 1. The zero-order valence-corrected chi connectivity index (χ0v) is 11.5. The highest BCUT2D eigenvalue weighted by Gasteiger charge is 2.15. The largest absolute Gasteiger partial charge is 0.339 e. The molecule has 2 rings (SSSR count). The first-order valence-electron chi connectivity index (χ1n) is 6.40. The molecule has 0 unspecified atom stereocenters. The van der Waals surface area contributed by atoms with Crippen LogP contribution in [0.4, 0.5) is 4.39 Å². The fourth-order valence-electron chi connectivity index (χ4n) is 2.08. The zero-order valence-electron chi connectivity index (χ0n) is 11.5. The van der Waals surface area contributed by atoms with E-state index in [2.05, 4.69) is 11.9 Å². The summed E-state index contributed by atoms with van der Waals surface area (Å²) in [5.41, 5.74) is 1.16. The van der Waals surface area contributed by atoms with Crippen molar-refractivity contribution in [1.29, 1.82) is 0 Å². The Bertz CT molecular complexity index is 606. The Morgan fingerprint density at radius 3 is 2.84 bits per heavy atom. The standard InChI is InChI=1S/C14H18FN3O/c1-4-8-18-12-7-5-6-11(15)14(12)16-13(18)9-17(3)10(2)19/h5-7H,4,8-9H2,1-3H3. The van der Waals surface area contributed by atoms with Crippen molar-refractivity contribution in [3.8, 4) is 0 Å².